The fraction of sp³-hybridized carbons (Fsp3) is 0.281. The van der Waals surface area contributed by atoms with Crippen molar-refractivity contribution >= 4 is 17.7 Å². The van der Waals surface area contributed by atoms with E-state index in [9.17, 15) is 9.59 Å². The number of aromatic nitrogens is 2. The summed E-state index contributed by atoms with van der Waals surface area (Å²) < 4.78 is 31.8. The summed E-state index contributed by atoms with van der Waals surface area (Å²) in [6, 6.07) is 29.5. The van der Waals surface area contributed by atoms with Gasteiger partial charge in [0.25, 0.3) is 5.56 Å². The van der Waals surface area contributed by atoms with Gasteiger partial charge in [-0.25, -0.2) is 0 Å². The number of ether oxygens (including phenoxy) is 5. The smallest absolute Gasteiger partial charge is 0.315 e. The molecule has 0 amide bonds. The first-order chi connectivity index (χ1) is 20.5. The van der Waals surface area contributed by atoms with Crippen molar-refractivity contribution in [3.63, 3.8) is 0 Å². The quantitative estimate of drug-likeness (QED) is 0.200. The lowest BCUT2D eigenvalue weighted by atomic mass is 9.80. The molecule has 9 nitrogen and oxygen atoms in total. The van der Waals surface area contributed by atoms with Gasteiger partial charge in [-0.05, 0) is 28.8 Å². The van der Waals surface area contributed by atoms with Crippen molar-refractivity contribution in [1.82, 2.24) is 9.55 Å². The third kappa shape index (κ3) is 5.17. The van der Waals surface area contributed by atoms with Gasteiger partial charge in [0.2, 0.25) is 0 Å². The Balaban J connectivity index is 1.39. The van der Waals surface area contributed by atoms with Crippen molar-refractivity contribution in [1.29, 1.82) is 0 Å². The van der Waals surface area contributed by atoms with Crippen LogP contribution in [0.5, 0.6) is 11.8 Å². The molecule has 42 heavy (non-hydrogen) atoms. The molecule has 2 aliphatic rings. The summed E-state index contributed by atoms with van der Waals surface area (Å²) in [4.78, 5) is 28.0. The Morgan fingerprint density at radius 3 is 2.19 bits per heavy atom. The molecule has 1 saturated heterocycles. The van der Waals surface area contributed by atoms with Crippen LogP contribution in [0.15, 0.2) is 102 Å². The zero-order valence-corrected chi connectivity index (χ0v) is 23.9. The summed E-state index contributed by atoms with van der Waals surface area (Å²) in [6.45, 7) is 0.175. The van der Waals surface area contributed by atoms with Crippen LogP contribution in [-0.4, -0.2) is 59.6 Å². The monoisotopic (exact) mass is 586 g/mol. The molecule has 2 aliphatic heterocycles. The second kappa shape index (κ2) is 12.0. The van der Waals surface area contributed by atoms with Crippen LogP contribution in [0.4, 0.5) is 0 Å². The Morgan fingerprint density at radius 1 is 0.929 bits per heavy atom. The maximum absolute atomic E-state index is 12.1. The van der Waals surface area contributed by atoms with Gasteiger partial charge in [0.15, 0.2) is 12.3 Å². The SMILES string of the molecule is COC(=O)CS[C@H]1[C@@H]2Oc3nc(=O)ccn3[C@@H]2O[C@@H]1COC(c1ccccc1)(c1ccccc1)c1ccc(OC)cc1. The maximum Gasteiger partial charge on any atom is 0.315 e. The van der Waals surface area contributed by atoms with Crippen molar-refractivity contribution in [3.8, 4) is 11.8 Å². The second-order valence-electron chi connectivity index (χ2n) is 9.91. The van der Waals surface area contributed by atoms with Gasteiger partial charge in [0, 0.05) is 12.3 Å². The van der Waals surface area contributed by atoms with Gasteiger partial charge >= 0.3 is 12.0 Å². The standard InChI is InChI=1S/C32H30N2O7S/c1-37-24-15-13-23(14-16-24)32(21-9-5-3-6-10-21,22-11-7-4-8-12-22)39-19-25-29(42-20-27(36)38-2)28-30(40-25)34-18-17-26(35)33-31(34)41-28/h3-18,25,28-30H,19-20H2,1-2H3/t25-,28+,29-,30-/m1/s1. The van der Waals surface area contributed by atoms with E-state index in [4.69, 9.17) is 23.7 Å². The Hall–Kier alpha value is -4.12. The Kier molecular flexibility index (Phi) is 8.01. The minimum Gasteiger partial charge on any atom is -0.497 e. The van der Waals surface area contributed by atoms with Crippen LogP contribution in [0.2, 0.25) is 0 Å². The van der Waals surface area contributed by atoms with E-state index in [-0.39, 0.29) is 29.6 Å². The number of carbonyl (C=O) groups is 1. The highest BCUT2D eigenvalue weighted by Crippen LogP contribution is 2.46. The molecular formula is C32H30N2O7S. The lowest BCUT2D eigenvalue weighted by molar-refractivity contribution is -0.137. The van der Waals surface area contributed by atoms with E-state index < -0.39 is 29.6 Å². The number of carbonyl (C=O) groups excluding carboxylic acids is 1. The molecule has 0 spiro atoms. The molecule has 0 saturated carbocycles. The van der Waals surface area contributed by atoms with E-state index in [0.717, 1.165) is 22.4 Å². The lowest BCUT2D eigenvalue weighted by Gasteiger charge is -2.37. The van der Waals surface area contributed by atoms with Crippen LogP contribution < -0.4 is 15.0 Å². The molecule has 0 unspecified atom stereocenters. The van der Waals surface area contributed by atoms with Crippen molar-refractivity contribution in [3.05, 3.63) is 124 Å². The van der Waals surface area contributed by atoms with Gasteiger partial charge in [0.05, 0.1) is 37.9 Å². The molecule has 1 fully saturated rings. The van der Waals surface area contributed by atoms with Crippen molar-refractivity contribution < 1.29 is 28.5 Å². The number of hydrogen-bond donors (Lipinski definition) is 0. The van der Waals surface area contributed by atoms with Crippen LogP contribution >= 0.6 is 11.8 Å². The van der Waals surface area contributed by atoms with Crippen molar-refractivity contribution in [2.24, 2.45) is 0 Å². The normalized spacial score (nSPS) is 20.8. The number of fused-ring (bicyclic) bond motifs is 3. The molecule has 10 heteroatoms. The Bertz CT molecular complexity index is 1540. The molecule has 4 aromatic rings. The average molecular weight is 587 g/mol. The van der Waals surface area contributed by atoms with Crippen LogP contribution in [0.3, 0.4) is 0 Å². The zero-order valence-electron chi connectivity index (χ0n) is 23.1. The Labute approximate surface area is 247 Å². The van der Waals surface area contributed by atoms with Crippen molar-refractivity contribution in [2.45, 2.75) is 29.3 Å². The molecule has 216 valence electrons. The predicted molar refractivity (Wildman–Crippen MR) is 157 cm³/mol. The second-order valence-corrected chi connectivity index (χ2v) is 11.1. The molecule has 3 heterocycles. The summed E-state index contributed by atoms with van der Waals surface area (Å²) in [7, 11) is 3.00. The highest BCUT2D eigenvalue weighted by atomic mass is 32.2. The van der Waals surface area contributed by atoms with E-state index in [1.165, 1.54) is 24.9 Å². The Morgan fingerprint density at radius 2 is 1.57 bits per heavy atom. The summed E-state index contributed by atoms with van der Waals surface area (Å²) in [6.07, 6.45) is 0.148. The van der Waals surface area contributed by atoms with Crippen molar-refractivity contribution in [2.75, 3.05) is 26.6 Å². The van der Waals surface area contributed by atoms with E-state index >= 15 is 0 Å². The van der Waals surface area contributed by atoms with Crippen LogP contribution in [0.1, 0.15) is 22.9 Å². The fourth-order valence-electron chi connectivity index (χ4n) is 5.54. The van der Waals surface area contributed by atoms with Gasteiger partial charge in [-0.3, -0.25) is 14.2 Å². The van der Waals surface area contributed by atoms with Crippen LogP contribution in [0, 0.1) is 0 Å². The number of thioether (sulfide) groups is 1. The first-order valence-corrected chi connectivity index (χ1v) is 14.6. The van der Waals surface area contributed by atoms with Gasteiger partial charge in [-0.15, -0.1) is 11.8 Å². The predicted octanol–water partition coefficient (Wildman–Crippen LogP) is 4.19. The molecule has 0 aliphatic carbocycles. The van der Waals surface area contributed by atoms with Crippen LogP contribution in [-0.2, 0) is 24.6 Å². The topological polar surface area (TPSA) is 98.1 Å². The number of nitrogens with zero attached hydrogens (tertiary/aromatic N) is 2. The molecule has 1 aromatic heterocycles. The average Bonchev–Trinajstić information content (AvgIpc) is 3.56. The molecular weight excluding hydrogens is 556 g/mol. The number of benzene rings is 3. The molecule has 0 N–H and O–H groups in total. The summed E-state index contributed by atoms with van der Waals surface area (Å²) in [5, 5.41) is -0.314. The molecule has 4 atom stereocenters. The minimum atomic E-state index is -0.988. The number of rotatable bonds is 10. The maximum atomic E-state index is 12.1. The highest BCUT2D eigenvalue weighted by Gasteiger charge is 2.53. The summed E-state index contributed by atoms with van der Waals surface area (Å²) in [5.74, 6) is 0.491. The van der Waals surface area contributed by atoms with Gasteiger partial charge in [0.1, 0.15) is 11.4 Å². The first kappa shape index (κ1) is 28.0. The molecule has 0 radical (unpaired) electrons. The zero-order chi connectivity index (χ0) is 29.1. The van der Waals surface area contributed by atoms with E-state index in [0.29, 0.717) is 0 Å². The third-order valence-electron chi connectivity index (χ3n) is 7.55. The molecule has 6 rings (SSSR count). The third-order valence-corrected chi connectivity index (χ3v) is 8.91. The summed E-state index contributed by atoms with van der Waals surface area (Å²) in [5.41, 5.74) is 1.43. The molecule has 0 bridgehead atoms. The lowest BCUT2D eigenvalue weighted by Crippen LogP contribution is -2.39. The van der Waals surface area contributed by atoms with E-state index in [1.54, 1.807) is 17.9 Å². The number of methoxy groups -OCH3 is 2. The first-order valence-electron chi connectivity index (χ1n) is 13.5. The number of hydrogen-bond acceptors (Lipinski definition) is 9. The van der Waals surface area contributed by atoms with E-state index in [1.807, 2.05) is 84.9 Å². The van der Waals surface area contributed by atoms with Crippen LogP contribution in [0.25, 0.3) is 0 Å². The van der Waals surface area contributed by atoms with E-state index in [2.05, 4.69) is 4.98 Å². The summed E-state index contributed by atoms with van der Waals surface area (Å²) >= 11 is 1.38. The van der Waals surface area contributed by atoms with Gasteiger partial charge in [-0.2, -0.15) is 4.98 Å². The highest BCUT2D eigenvalue weighted by molar-refractivity contribution is 8.00. The van der Waals surface area contributed by atoms with Gasteiger partial charge in [-0.1, -0.05) is 72.8 Å². The van der Waals surface area contributed by atoms with Gasteiger partial charge < -0.3 is 23.7 Å². The molecule has 3 aromatic carbocycles. The number of esters is 1. The fourth-order valence-corrected chi connectivity index (χ4v) is 6.73. The largest absolute Gasteiger partial charge is 0.497 e. The minimum absolute atomic E-state index is 0.107.